The number of halogens is 2. The molecule has 2 aliphatic rings. The van der Waals surface area contributed by atoms with Crippen LogP contribution in [0.5, 0.6) is 5.75 Å². The minimum atomic E-state index is -0.659. The number of carbonyl (C=O) groups is 2. The Labute approximate surface area is 215 Å². The molecule has 3 amide bonds. The van der Waals surface area contributed by atoms with Crippen LogP contribution in [0.1, 0.15) is 50.0 Å². The number of hydrogen-bond donors (Lipinski definition) is 1. The molecule has 1 saturated heterocycles. The number of nitrogens with one attached hydrogen (secondary N) is 1. The number of anilines is 1. The van der Waals surface area contributed by atoms with Crippen molar-refractivity contribution in [3.05, 3.63) is 59.7 Å². The van der Waals surface area contributed by atoms with Gasteiger partial charge in [-0.1, -0.05) is 23.4 Å². The highest BCUT2D eigenvalue weighted by molar-refractivity contribution is 5.89. The number of oxime groups is 1. The van der Waals surface area contributed by atoms with Crippen molar-refractivity contribution in [2.45, 2.75) is 50.5 Å². The van der Waals surface area contributed by atoms with Crippen LogP contribution >= 0.6 is 0 Å². The second-order valence-electron chi connectivity index (χ2n) is 9.58. The van der Waals surface area contributed by atoms with E-state index in [0.29, 0.717) is 62.9 Å². The maximum Gasteiger partial charge on any atom is 0.415 e. The highest BCUT2D eigenvalue weighted by atomic mass is 19.1. The summed E-state index contributed by atoms with van der Waals surface area (Å²) in [5, 5.41) is 6.70. The molecule has 4 rings (SSSR count). The Morgan fingerprint density at radius 1 is 1.00 bits per heavy atom. The standard InChI is InChI=1S/C27H32F2N4O4/c1-32(2)26(34)30-25-17-23(28)22(16-24(25)29)18-8-10-19(11-9-18)31-37-21-12-14-33(15-13-21)27(35)36-20-6-4-3-5-7-20/h3-7,16-18,21H,8-15H2,1-2H3,(H,30,34). The second kappa shape index (κ2) is 12.0. The summed E-state index contributed by atoms with van der Waals surface area (Å²) in [7, 11) is 3.05. The lowest BCUT2D eigenvalue weighted by molar-refractivity contribution is 0.0134. The fraction of sp³-hybridized carbons (Fsp3) is 0.444. The molecule has 2 aromatic rings. The van der Waals surface area contributed by atoms with Crippen LogP contribution in [0.2, 0.25) is 0 Å². The number of piperidine rings is 1. The normalized spacial score (nSPS) is 18.2. The van der Waals surface area contributed by atoms with Crippen molar-refractivity contribution >= 4 is 23.5 Å². The van der Waals surface area contributed by atoms with E-state index in [2.05, 4.69) is 10.5 Å². The predicted molar refractivity (Wildman–Crippen MR) is 136 cm³/mol. The molecular formula is C27H32F2N4O4. The Morgan fingerprint density at radius 3 is 2.32 bits per heavy atom. The van der Waals surface area contributed by atoms with E-state index >= 15 is 0 Å². The molecule has 1 saturated carbocycles. The molecule has 0 aromatic heterocycles. The van der Waals surface area contributed by atoms with Crippen LogP contribution in [0, 0.1) is 11.6 Å². The van der Waals surface area contributed by atoms with E-state index in [0.717, 1.165) is 11.8 Å². The Morgan fingerprint density at radius 2 is 1.68 bits per heavy atom. The first kappa shape index (κ1) is 26.4. The first-order valence-electron chi connectivity index (χ1n) is 12.5. The molecule has 0 unspecified atom stereocenters. The predicted octanol–water partition coefficient (Wildman–Crippen LogP) is 5.75. The molecule has 1 heterocycles. The van der Waals surface area contributed by atoms with Crippen LogP contribution in [-0.2, 0) is 4.84 Å². The smallest absolute Gasteiger partial charge is 0.410 e. The number of nitrogens with zero attached hydrogens (tertiary/aromatic N) is 3. The van der Waals surface area contributed by atoms with E-state index in [9.17, 15) is 18.4 Å². The Hall–Kier alpha value is -3.69. The zero-order valence-corrected chi connectivity index (χ0v) is 21.1. The molecule has 10 heteroatoms. The molecule has 198 valence electrons. The van der Waals surface area contributed by atoms with E-state index in [-0.39, 0.29) is 23.8 Å². The van der Waals surface area contributed by atoms with Gasteiger partial charge in [-0.05, 0) is 55.4 Å². The third kappa shape index (κ3) is 6.96. The van der Waals surface area contributed by atoms with E-state index < -0.39 is 17.7 Å². The van der Waals surface area contributed by atoms with Crippen LogP contribution in [0.15, 0.2) is 47.6 Å². The first-order valence-corrected chi connectivity index (χ1v) is 12.5. The number of urea groups is 1. The molecule has 1 N–H and O–H groups in total. The third-order valence-corrected chi connectivity index (χ3v) is 6.72. The first-order chi connectivity index (χ1) is 17.8. The van der Waals surface area contributed by atoms with Gasteiger partial charge in [0.15, 0.2) is 0 Å². The van der Waals surface area contributed by atoms with Crippen molar-refractivity contribution in [3.63, 3.8) is 0 Å². The number of hydrogen-bond acceptors (Lipinski definition) is 5. The fourth-order valence-corrected chi connectivity index (χ4v) is 4.50. The van der Waals surface area contributed by atoms with Crippen molar-refractivity contribution in [1.29, 1.82) is 0 Å². The minimum Gasteiger partial charge on any atom is -0.410 e. The van der Waals surface area contributed by atoms with Gasteiger partial charge in [-0.3, -0.25) is 0 Å². The quantitative estimate of drug-likeness (QED) is 0.515. The van der Waals surface area contributed by atoms with Gasteiger partial charge in [0, 0.05) is 46.1 Å². The monoisotopic (exact) mass is 514 g/mol. The molecule has 0 bridgehead atoms. The van der Waals surface area contributed by atoms with Crippen LogP contribution in [0.4, 0.5) is 24.1 Å². The van der Waals surface area contributed by atoms with Gasteiger partial charge >= 0.3 is 12.1 Å². The number of amides is 3. The van der Waals surface area contributed by atoms with Gasteiger partial charge in [0.2, 0.25) is 0 Å². The number of rotatable bonds is 5. The molecule has 2 aromatic carbocycles. The van der Waals surface area contributed by atoms with Crippen molar-refractivity contribution in [3.8, 4) is 5.75 Å². The van der Waals surface area contributed by atoms with Crippen LogP contribution in [0.25, 0.3) is 0 Å². The Kier molecular flexibility index (Phi) is 8.58. The molecule has 37 heavy (non-hydrogen) atoms. The highest BCUT2D eigenvalue weighted by Crippen LogP contribution is 2.35. The molecule has 1 aliphatic heterocycles. The average molecular weight is 515 g/mol. The lowest BCUT2D eigenvalue weighted by Crippen LogP contribution is -2.42. The zero-order valence-electron chi connectivity index (χ0n) is 21.1. The van der Waals surface area contributed by atoms with Crippen molar-refractivity contribution in [1.82, 2.24) is 9.80 Å². The van der Waals surface area contributed by atoms with Crippen molar-refractivity contribution in [2.75, 3.05) is 32.5 Å². The Balaban J connectivity index is 1.23. The van der Waals surface area contributed by atoms with Gasteiger partial charge < -0.3 is 24.7 Å². The maximum atomic E-state index is 14.7. The molecule has 0 spiro atoms. The highest BCUT2D eigenvalue weighted by Gasteiger charge is 2.27. The Bertz CT molecular complexity index is 1120. The molecular weight excluding hydrogens is 482 g/mol. The second-order valence-corrected chi connectivity index (χ2v) is 9.58. The summed E-state index contributed by atoms with van der Waals surface area (Å²) in [6.45, 7) is 1.05. The van der Waals surface area contributed by atoms with Gasteiger partial charge in [0.1, 0.15) is 23.5 Å². The van der Waals surface area contributed by atoms with Gasteiger partial charge in [-0.25, -0.2) is 18.4 Å². The van der Waals surface area contributed by atoms with Crippen molar-refractivity contribution in [2.24, 2.45) is 5.16 Å². The summed E-state index contributed by atoms with van der Waals surface area (Å²) >= 11 is 0. The van der Waals surface area contributed by atoms with Crippen LogP contribution in [-0.4, -0.2) is 60.9 Å². The van der Waals surface area contributed by atoms with Crippen LogP contribution < -0.4 is 10.1 Å². The SMILES string of the molecule is CN(C)C(=O)Nc1cc(F)c(C2CCC(=NOC3CCN(C(=O)Oc4ccccc4)CC3)CC2)cc1F. The average Bonchev–Trinajstić information content (AvgIpc) is 2.90. The number of likely N-dealkylation sites (tertiary alicyclic amines) is 1. The minimum absolute atomic E-state index is 0.0811. The van der Waals surface area contributed by atoms with E-state index in [1.54, 1.807) is 17.0 Å². The number of benzene rings is 2. The summed E-state index contributed by atoms with van der Waals surface area (Å²) in [5.74, 6) is -0.809. The lowest BCUT2D eigenvalue weighted by Gasteiger charge is -2.30. The fourth-order valence-electron chi connectivity index (χ4n) is 4.50. The summed E-state index contributed by atoms with van der Waals surface area (Å²) < 4.78 is 34.7. The summed E-state index contributed by atoms with van der Waals surface area (Å²) in [6.07, 6.45) is 3.39. The molecule has 2 fully saturated rings. The molecule has 0 atom stereocenters. The van der Waals surface area contributed by atoms with Gasteiger partial charge in [0.25, 0.3) is 0 Å². The maximum absolute atomic E-state index is 14.7. The largest absolute Gasteiger partial charge is 0.415 e. The van der Waals surface area contributed by atoms with Crippen LogP contribution in [0.3, 0.4) is 0 Å². The molecule has 8 nitrogen and oxygen atoms in total. The number of para-hydroxylation sites is 1. The van der Waals surface area contributed by atoms with Crippen molar-refractivity contribution < 1.29 is 27.9 Å². The van der Waals surface area contributed by atoms with E-state index in [1.807, 2.05) is 18.2 Å². The number of ether oxygens (including phenoxy) is 1. The van der Waals surface area contributed by atoms with E-state index in [4.69, 9.17) is 9.57 Å². The van der Waals surface area contributed by atoms with Gasteiger partial charge in [0.05, 0.1) is 11.4 Å². The third-order valence-electron chi connectivity index (χ3n) is 6.72. The summed E-state index contributed by atoms with van der Waals surface area (Å²) in [4.78, 5) is 32.8. The molecule has 1 aliphatic carbocycles. The molecule has 0 radical (unpaired) electrons. The van der Waals surface area contributed by atoms with Gasteiger partial charge in [-0.15, -0.1) is 0 Å². The number of carbonyl (C=O) groups excluding carboxylic acids is 2. The van der Waals surface area contributed by atoms with E-state index in [1.165, 1.54) is 25.1 Å². The van der Waals surface area contributed by atoms with Gasteiger partial charge in [-0.2, -0.15) is 0 Å². The lowest BCUT2D eigenvalue weighted by atomic mass is 9.83. The summed E-state index contributed by atoms with van der Waals surface area (Å²) in [5.41, 5.74) is 1.04. The summed E-state index contributed by atoms with van der Waals surface area (Å²) in [6, 6.07) is 10.7. The zero-order chi connectivity index (χ0) is 26.4. The topological polar surface area (TPSA) is 83.5 Å².